The van der Waals surface area contributed by atoms with Gasteiger partial charge in [-0.15, -0.1) is 0 Å². The Kier molecular flexibility index (Phi) is 9.51. The van der Waals surface area contributed by atoms with E-state index in [0.717, 1.165) is 15.2 Å². The molecule has 186 valence electrons. The molecule has 7 nitrogen and oxygen atoms in total. The van der Waals surface area contributed by atoms with E-state index >= 15 is 0 Å². The van der Waals surface area contributed by atoms with Gasteiger partial charge >= 0.3 is 0 Å². The summed E-state index contributed by atoms with van der Waals surface area (Å²) >= 11 is 2.22. The van der Waals surface area contributed by atoms with Crippen LogP contribution in [-0.2, 0) is 27.7 Å². The van der Waals surface area contributed by atoms with Crippen LogP contribution in [0.3, 0.4) is 0 Å². The van der Waals surface area contributed by atoms with Gasteiger partial charge in [-0.2, -0.15) is 0 Å². The Labute approximate surface area is 212 Å². The second kappa shape index (κ2) is 12.1. The highest BCUT2D eigenvalue weighted by Crippen LogP contribution is 2.22. The van der Waals surface area contributed by atoms with Crippen LogP contribution in [0.2, 0.25) is 0 Å². The van der Waals surface area contributed by atoms with Gasteiger partial charge in [-0.3, -0.25) is 4.72 Å². The van der Waals surface area contributed by atoms with Gasteiger partial charge in [0.2, 0.25) is 10.0 Å². The smallest absolute Gasteiger partial charge is 0.233 e. The van der Waals surface area contributed by atoms with Crippen molar-refractivity contribution in [2.75, 3.05) is 19.0 Å². The summed E-state index contributed by atoms with van der Waals surface area (Å²) in [6.07, 6.45) is 0.769. The minimum atomic E-state index is -3.61. The molecule has 2 aromatic carbocycles. The molecule has 0 fully saturated rings. The van der Waals surface area contributed by atoms with Crippen LogP contribution in [0.4, 0.5) is 8.78 Å². The highest BCUT2D eigenvalue weighted by Gasteiger charge is 2.33. The van der Waals surface area contributed by atoms with Crippen LogP contribution >= 0.6 is 22.6 Å². The number of hydrogen-bond acceptors (Lipinski definition) is 6. The molecular formula is C23H28F2IN3O4S. The van der Waals surface area contributed by atoms with Crippen molar-refractivity contribution in [1.82, 2.24) is 14.9 Å². The number of rotatable bonds is 12. The maximum absolute atomic E-state index is 13.8. The second-order valence-electron chi connectivity index (χ2n) is 8.07. The second-order valence-corrected chi connectivity index (χ2v) is 11.2. The normalized spacial score (nSPS) is 15.6. The maximum Gasteiger partial charge on any atom is 0.233 e. The highest BCUT2D eigenvalue weighted by atomic mass is 127. The lowest BCUT2D eigenvalue weighted by Gasteiger charge is -2.34. The number of aliphatic hydroxyl groups is 1. The van der Waals surface area contributed by atoms with Crippen LogP contribution in [0.25, 0.3) is 0 Å². The Bertz CT molecular complexity index is 1100. The fraction of sp³-hybridized carbons (Fsp3) is 0.391. The third-order valence-electron chi connectivity index (χ3n) is 5.23. The summed E-state index contributed by atoms with van der Waals surface area (Å²) < 4.78 is 61.2. The molecule has 0 saturated heterocycles. The lowest BCUT2D eigenvalue weighted by molar-refractivity contribution is 0.0365. The third-order valence-corrected chi connectivity index (χ3v) is 7.37. The van der Waals surface area contributed by atoms with E-state index in [-0.39, 0.29) is 31.3 Å². The topological polar surface area (TPSA) is 90.9 Å². The van der Waals surface area contributed by atoms with Gasteiger partial charge in [0, 0.05) is 22.7 Å². The number of nitrogens with zero attached hydrogens (tertiary/aromatic N) is 1. The van der Waals surface area contributed by atoms with E-state index in [2.05, 4.69) is 32.6 Å². The molecule has 3 rings (SSSR count). The summed E-state index contributed by atoms with van der Waals surface area (Å²) in [6.45, 7) is 2.42. The number of sulfonamides is 1. The van der Waals surface area contributed by atoms with Gasteiger partial charge in [-0.25, -0.2) is 17.2 Å². The zero-order valence-electron chi connectivity index (χ0n) is 18.7. The number of nitrogens with one attached hydrogen (secondary N) is 2. The molecule has 0 amide bonds. The lowest BCUT2D eigenvalue weighted by atomic mass is 9.99. The molecule has 0 aromatic heterocycles. The Morgan fingerprint density at radius 1 is 1.18 bits per heavy atom. The maximum atomic E-state index is 13.8. The van der Waals surface area contributed by atoms with Crippen molar-refractivity contribution in [1.29, 1.82) is 0 Å². The molecule has 0 saturated carbocycles. The Hall–Kier alpha value is -1.96. The van der Waals surface area contributed by atoms with Gasteiger partial charge in [-0.1, -0.05) is 19.1 Å². The minimum absolute atomic E-state index is 0.0135. The quantitative estimate of drug-likeness (QED) is 0.322. The summed E-state index contributed by atoms with van der Waals surface area (Å²) in [5, 5.41) is 14.3. The van der Waals surface area contributed by atoms with Gasteiger partial charge < -0.3 is 20.1 Å². The number of ether oxygens (including phenoxy) is 1. The molecule has 11 heteroatoms. The molecule has 0 spiro atoms. The van der Waals surface area contributed by atoms with Gasteiger partial charge in [0.1, 0.15) is 17.9 Å². The largest absolute Gasteiger partial charge is 0.477 e. The number of benzene rings is 2. The molecule has 2 atom stereocenters. The number of aliphatic hydroxyl groups excluding tert-OH is 1. The molecule has 0 aliphatic carbocycles. The molecule has 1 heterocycles. The van der Waals surface area contributed by atoms with Crippen molar-refractivity contribution in [2.45, 2.75) is 38.5 Å². The van der Waals surface area contributed by atoms with Gasteiger partial charge in [-0.05, 0) is 70.8 Å². The fourth-order valence-corrected chi connectivity index (χ4v) is 5.47. The zero-order chi connectivity index (χ0) is 24.7. The van der Waals surface area contributed by atoms with Crippen molar-refractivity contribution in [3.63, 3.8) is 0 Å². The van der Waals surface area contributed by atoms with Crippen LogP contribution in [0.5, 0.6) is 0 Å². The molecule has 1 aliphatic rings. The van der Waals surface area contributed by atoms with Gasteiger partial charge in [0.25, 0.3) is 0 Å². The summed E-state index contributed by atoms with van der Waals surface area (Å²) in [5.74, 6) is -1.35. The predicted octanol–water partition coefficient (Wildman–Crippen LogP) is 3.05. The first-order chi connectivity index (χ1) is 16.2. The summed E-state index contributed by atoms with van der Waals surface area (Å²) in [6, 6.07) is 10.4. The van der Waals surface area contributed by atoms with E-state index in [1.54, 1.807) is 11.8 Å². The van der Waals surface area contributed by atoms with Crippen LogP contribution in [0.15, 0.2) is 54.5 Å². The Morgan fingerprint density at radius 2 is 1.91 bits per heavy atom. The average molecular weight is 607 g/mol. The van der Waals surface area contributed by atoms with E-state index in [1.165, 1.54) is 18.4 Å². The summed E-state index contributed by atoms with van der Waals surface area (Å²) in [7, 11) is -3.61. The van der Waals surface area contributed by atoms with Crippen molar-refractivity contribution in [3.05, 3.63) is 80.9 Å². The van der Waals surface area contributed by atoms with E-state index < -0.39 is 33.8 Å². The fourth-order valence-electron chi connectivity index (χ4n) is 3.74. The Balaban J connectivity index is 1.77. The number of hydrogen-bond donors (Lipinski definition) is 3. The first-order valence-corrected chi connectivity index (χ1v) is 13.6. The van der Waals surface area contributed by atoms with E-state index in [0.29, 0.717) is 18.5 Å². The van der Waals surface area contributed by atoms with Crippen LogP contribution in [0.1, 0.15) is 24.5 Å². The zero-order valence-corrected chi connectivity index (χ0v) is 21.7. The van der Waals surface area contributed by atoms with Crippen molar-refractivity contribution >= 4 is 32.6 Å². The minimum Gasteiger partial charge on any atom is -0.477 e. The summed E-state index contributed by atoms with van der Waals surface area (Å²) in [5.41, 5.74) is 1.38. The van der Waals surface area contributed by atoms with Crippen molar-refractivity contribution in [3.8, 4) is 0 Å². The molecule has 2 aromatic rings. The van der Waals surface area contributed by atoms with E-state index in [4.69, 9.17) is 4.74 Å². The van der Waals surface area contributed by atoms with E-state index in [1.807, 2.05) is 24.3 Å². The molecule has 3 N–H and O–H groups in total. The first-order valence-electron chi connectivity index (χ1n) is 10.8. The standard InChI is InChI=1S/C23H28F2IN3O4S/c1-2-6-34(31,32)28-23-14-33-15-29(23)21(10-17-7-18(24)11-19(25)8-17)22(30)13-27-12-16-4-3-5-20(26)9-16/h3-5,7-9,11,14,21-22,27-28,30H,2,6,10,12-13,15H2,1H3/t21-,22+/m0/s1. The van der Waals surface area contributed by atoms with Crippen LogP contribution in [0, 0.1) is 15.2 Å². The lowest BCUT2D eigenvalue weighted by Crippen LogP contribution is -2.50. The van der Waals surface area contributed by atoms with Crippen molar-refractivity contribution < 1.29 is 27.0 Å². The average Bonchev–Trinajstić information content (AvgIpc) is 3.18. The van der Waals surface area contributed by atoms with E-state index in [9.17, 15) is 22.3 Å². The van der Waals surface area contributed by atoms with Crippen molar-refractivity contribution in [2.24, 2.45) is 0 Å². The molecule has 0 unspecified atom stereocenters. The Morgan fingerprint density at radius 3 is 2.59 bits per heavy atom. The summed E-state index contributed by atoms with van der Waals surface area (Å²) in [4.78, 5) is 1.56. The first kappa shape index (κ1) is 26.6. The molecule has 0 bridgehead atoms. The van der Waals surface area contributed by atoms with Gasteiger partial charge in [0.05, 0.1) is 17.9 Å². The SMILES string of the molecule is CCCS(=O)(=O)NC1=COCN1[C@@H](Cc1cc(F)cc(F)c1)[C@H](O)CNCc1cccc(I)c1. The third kappa shape index (κ3) is 7.79. The monoisotopic (exact) mass is 607 g/mol. The number of halogens is 3. The van der Waals surface area contributed by atoms with Crippen LogP contribution < -0.4 is 10.0 Å². The van der Waals surface area contributed by atoms with Crippen LogP contribution in [-0.4, -0.2) is 49.6 Å². The predicted molar refractivity (Wildman–Crippen MR) is 134 cm³/mol. The molecule has 34 heavy (non-hydrogen) atoms. The molecule has 0 radical (unpaired) electrons. The molecule has 1 aliphatic heterocycles. The van der Waals surface area contributed by atoms with Gasteiger partial charge in [0.15, 0.2) is 12.6 Å². The molecular weight excluding hydrogens is 579 g/mol. The highest BCUT2D eigenvalue weighted by molar-refractivity contribution is 14.1.